The van der Waals surface area contributed by atoms with Crippen molar-refractivity contribution in [2.24, 2.45) is 0 Å². The second-order valence-corrected chi connectivity index (χ2v) is 3.93. The fourth-order valence-corrected chi connectivity index (χ4v) is 1.52. The van der Waals surface area contributed by atoms with E-state index in [-0.39, 0.29) is 30.6 Å². The van der Waals surface area contributed by atoms with Crippen LogP contribution in [0.5, 0.6) is 5.88 Å². The molecule has 0 fully saturated rings. The van der Waals surface area contributed by atoms with Gasteiger partial charge in [0.05, 0.1) is 12.2 Å². The maximum Gasteiger partial charge on any atom is 0.254 e. The van der Waals surface area contributed by atoms with Crippen LogP contribution in [0.25, 0.3) is 0 Å². The minimum atomic E-state index is -0.541. The van der Waals surface area contributed by atoms with Crippen LogP contribution < -0.4 is 5.56 Å². The van der Waals surface area contributed by atoms with Crippen molar-refractivity contribution in [3.63, 3.8) is 0 Å². The molecule has 0 aliphatic rings. The largest absolute Gasteiger partial charge is 0.494 e. The van der Waals surface area contributed by atoms with Crippen LogP contribution in [0.1, 0.15) is 24.2 Å². The minimum Gasteiger partial charge on any atom is -0.494 e. The summed E-state index contributed by atoms with van der Waals surface area (Å²) >= 11 is 0. The third-order valence-corrected chi connectivity index (χ3v) is 2.30. The number of nitrogens with zero attached hydrogens (tertiary/aromatic N) is 1. The molecule has 1 heterocycles. The van der Waals surface area contributed by atoms with Crippen LogP contribution in [-0.2, 0) is 0 Å². The van der Waals surface area contributed by atoms with Gasteiger partial charge in [0, 0.05) is 24.7 Å². The van der Waals surface area contributed by atoms with Crippen LogP contribution in [0.2, 0.25) is 0 Å². The molecule has 0 radical (unpaired) electrons. The molecule has 1 amide bonds. The molecular weight excluding hydrogens is 224 g/mol. The Morgan fingerprint density at radius 3 is 2.59 bits per heavy atom. The zero-order valence-electron chi connectivity index (χ0n) is 9.80. The van der Waals surface area contributed by atoms with Gasteiger partial charge >= 0.3 is 0 Å². The van der Waals surface area contributed by atoms with Crippen molar-refractivity contribution in [2.75, 3.05) is 13.2 Å². The predicted molar refractivity (Wildman–Crippen MR) is 62.0 cm³/mol. The van der Waals surface area contributed by atoms with E-state index in [2.05, 4.69) is 4.98 Å². The summed E-state index contributed by atoms with van der Waals surface area (Å²) in [6.07, 6.45) is 0. The van der Waals surface area contributed by atoms with Gasteiger partial charge in [-0.25, -0.2) is 0 Å². The normalized spacial score (nSPS) is 10.6. The number of pyridine rings is 1. The number of H-pyrrole nitrogens is 1. The van der Waals surface area contributed by atoms with Crippen molar-refractivity contribution in [3.8, 4) is 5.88 Å². The van der Waals surface area contributed by atoms with Gasteiger partial charge in [0.25, 0.3) is 11.5 Å². The number of rotatable bonds is 4. The van der Waals surface area contributed by atoms with Crippen LogP contribution in [0.15, 0.2) is 16.9 Å². The van der Waals surface area contributed by atoms with Gasteiger partial charge < -0.3 is 15.1 Å². The lowest BCUT2D eigenvalue weighted by Gasteiger charge is -2.25. The van der Waals surface area contributed by atoms with Crippen molar-refractivity contribution in [1.29, 1.82) is 0 Å². The highest BCUT2D eigenvalue weighted by atomic mass is 16.3. The fourth-order valence-electron chi connectivity index (χ4n) is 1.52. The summed E-state index contributed by atoms with van der Waals surface area (Å²) < 4.78 is 0. The molecule has 3 N–H and O–H groups in total. The number of amides is 1. The molecular formula is C11H16N2O4. The van der Waals surface area contributed by atoms with Crippen LogP contribution in [-0.4, -0.2) is 45.2 Å². The number of aliphatic hydroxyl groups excluding tert-OH is 1. The summed E-state index contributed by atoms with van der Waals surface area (Å²) in [5.41, 5.74) is -0.436. The van der Waals surface area contributed by atoms with E-state index in [1.807, 2.05) is 0 Å². The van der Waals surface area contributed by atoms with E-state index in [4.69, 9.17) is 5.11 Å². The van der Waals surface area contributed by atoms with E-state index in [9.17, 15) is 14.7 Å². The van der Waals surface area contributed by atoms with E-state index in [1.165, 1.54) is 11.0 Å². The minimum absolute atomic E-state index is 0.101. The molecule has 6 nitrogen and oxygen atoms in total. The SMILES string of the molecule is CC(C)N(CCO)C(=O)c1cc(O)[nH]c(=O)c1. The van der Waals surface area contributed by atoms with Gasteiger partial charge in [-0.2, -0.15) is 0 Å². The van der Waals surface area contributed by atoms with Crippen molar-refractivity contribution in [3.05, 3.63) is 28.0 Å². The Kier molecular flexibility index (Phi) is 4.28. The molecule has 94 valence electrons. The van der Waals surface area contributed by atoms with Crippen LogP contribution >= 0.6 is 0 Å². The topological polar surface area (TPSA) is 93.6 Å². The number of aliphatic hydroxyl groups is 1. The monoisotopic (exact) mass is 240 g/mol. The quantitative estimate of drug-likeness (QED) is 0.686. The second-order valence-electron chi connectivity index (χ2n) is 3.93. The Morgan fingerprint density at radius 2 is 2.12 bits per heavy atom. The average molecular weight is 240 g/mol. The highest BCUT2D eigenvalue weighted by molar-refractivity contribution is 5.94. The van der Waals surface area contributed by atoms with Crippen LogP contribution in [0, 0.1) is 0 Å². The van der Waals surface area contributed by atoms with Crippen molar-refractivity contribution < 1.29 is 15.0 Å². The number of aromatic hydroxyl groups is 1. The molecule has 1 aromatic rings. The Hall–Kier alpha value is -1.82. The number of hydrogen-bond donors (Lipinski definition) is 3. The zero-order valence-corrected chi connectivity index (χ0v) is 9.80. The van der Waals surface area contributed by atoms with E-state index in [1.54, 1.807) is 13.8 Å². The van der Waals surface area contributed by atoms with E-state index < -0.39 is 11.5 Å². The molecule has 17 heavy (non-hydrogen) atoms. The lowest BCUT2D eigenvalue weighted by atomic mass is 10.2. The predicted octanol–water partition coefficient (Wildman–Crippen LogP) is -0.0766. The van der Waals surface area contributed by atoms with Crippen LogP contribution in [0.3, 0.4) is 0 Å². The number of aromatic amines is 1. The van der Waals surface area contributed by atoms with Crippen molar-refractivity contribution in [2.45, 2.75) is 19.9 Å². The molecule has 0 unspecified atom stereocenters. The summed E-state index contributed by atoms with van der Waals surface area (Å²) in [6, 6.07) is 2.21. The van der Waals surface area contributed by atoms with Gasteiger partial charge in [0.2, 0.25) is 0 Å². The lowest BCUT2D eigenvalue weighted by Crippen LogP contribution is -2.39. The standard InChI is InChI=1S/C11H16N2O4/c1-7(2)13(3-4-14)11(17)8-5-9(15)12-10(16)6-8/h5-7,14H,3-4H2,1-2H3,(H2,12,15,16). The Bertz CT molecular complexity index is 453. The zero-order chi connectivity index (χ0) is 13.0. The number of carbonyl (C=O) groups excluding carboxylic acids is 1. The van der Waals surface area contributed by atoms with Crippen LogP contribution in [0.4, 0.5) is 0 Å². The van der Waals surface area contributed by atoms with Gasteiger partial charge in [-0.3, -0.25) is 14.6 Å². The molecule has 1 rings (SSSR count). The summed E-state index contributed by atoms with van der Waals surface area (Å²) in [4.78, 5) is 26.7. The van der Waals surface area contributed by atoms with Crippen molar-refractivity contribution in [1.82, 2.24) is 9.88 Å². The first-order valence-electron chi connectivity index (χ1n) is 5.31. The van der Waals surface area contributed by atoms with E-state index in [0.29, 0.717) is 0 Å². The number of nitrogens with one attached hydrogen (secondary N) is 1. The van der Waals surface area contributed by atoms with Crippen molar-refractivity contribution >= 4 is 5.91 Å². The third kappa shape index (κ3) is 3.32. The number of hydrogen-bond acceptors (Lipinski definition) is 4. The molecule has 0 saturated heterocycles. The summed E-state index contributed by atoms with van der Waals surface area (Å²) in [5.74, 6) is -0.746. The number of carbonyl (C=O) groups is 1. The lowest BCUT2D eigenvalue weighted by molar-refractivity contribution is 0.0664. The first kappa shape index (κ1) is 13.2. The van der Waals surface area contributed by atoms with Gasteiger partial charge in [0.15, 0.2) is 5.88 Å². The van der Waals surface area contributed by atoms with Gasteiger partial charge in [0.1, 0.15) is 0 Å². The highest BCUT2D eigenvalue weighted by Gasteiger charge is 2.19. The Balaban J connectivity index is 3.04. The molecule has 1 aromatic heterocycles. The van der Waals surface area contributed by atoms with Gasteiger partial charge in [-0.1, -0.05) is 0 Å². The fraction of sp³-hybridized carbons (Fsp3) is 0.455. The number of aromatic nitrogens is 1. The Labute approximate surface area is 98.5 Å². The Morgan fingerprint density at radius 1 is 1.47 bits per heavy atom. The van der Waals surface area contributed by atoms with Gasteiger partial charge in [-0.05, 0) is 13.8 Å². The smallest absolute Gasteiger partial charge is 0.254 e. The van der Waals surface area contributed by atoms with E-state index >= 15 is 0 Å². The molecule has 0 aromatic carbocycles. The molecule has 0 saturated carbocycles. The molecule has 0 bridgehead atoms. The summed E-state index contributed by atoms with van der Waals surface area (Å²) in [5, 5.41) is 18.1. The molecule has 0 aliphatic carbocycles. The maximum absolute atomic E-state index is 12.0. The first-order chi connectivity index (χ1) is 7.95. The summed E-state index contributed by atoms with van der Waals surface area (Å²) in [6.45, 7) is 3.64. The first-order valence-corrected chi connectivity index (χ1v) is 5.31. The molecule has 0 spiro atoms. The summed E-state index contributed by atoms with van der Waals surface area (Å²) in [7, 11) is 0. The molecule has 6 heteroatoms. The molecule has 0 aliphatic heterocycles. The third-order valence-electron chi connectivity index (χ3n) is 2.30. The van der Waals surface area contributed by atoms with Gasteiger partial charge in [-0.15, -0.1) is 0 Å². The highest BCUT2D eigenvalue weighted by Crippen LogP contribution is 2.10. The second kappa shape index (κ2) is 5.49. The van der Waals surface area contributed by atoms with E-state index in [0.717, 1.165) is 6.07 Å². The maximum atomic E-state index is 12.0. The average Bonchev–Trinajstić information content (AvgIpc) is 2.23. The molecule has 0 atom stereocenters.